The van der Waals surface area contributed by atoms with Gasteiger partial charge in [0.25, 0.3) is 5.92 Å². The van der Waals surface area contributed by atoms with Crippen LogP contribution in [0.3, 0.4) is 0 Å². The number of nitrogens with one attached hydrogen (secondary N) is 2. The number of hydrogen-bond acceptors (Lipinski definition) is 7. The maximum atomic E-state index is 15.7. The summed E-state index contributed by atoms with van der Waals surface area (Å²) >= 11 is 6.56. The average molecular weight is 864 g/mol. The van der Waals surface area contributed by atoms with Gasteiger partial charge in [-0.1, -0.05) is 30.5 Å². The molecule has 1 aliphatic carbocycles. The number of aryl methyl sites for hydroxylation is 1. The number of halogens is 8. The summed E-state index contributed by atoms with van der Waals surface area (Å²) < 4.78 is 131. The van der Waals surface area contributed by atoms with Crippen LogP contribution >= 0.6 is 11.6 Å². The second-order valence-corrected chi connectivity index (χ2v) is 16.0. The number of fused-ring (bicyclic) bond motifs is 2. The highest BCUT2D eigenvalue weighted by Crippen LogP contribution is 2.51. The molecular formula is C39H33ClF7N7O4S. The number of benzene rings is 2. The third kappa shape index (κ3) is 9.02. The molecule has 310 valence electrons. The Hall–Kier alpha value is -5.63. The number of hydrogen-bond donors (Lipinski definition) is 3. The van der Waals surface area contributed by atoms with Gasteiger partial charge in [-0.2, -0.15) is 32.1 Å². The molecule has 20 heteroatoms. The summed E-state index contributed by atoms with van der Waals surface area (Å²) in [4.78, 5) is 18.6. The monoisotopic (exact) mass is 863 g/mol. The lowest BCUT2D eigenvalue weighted by Gasteiger charge is -2.23. The predicted molar refractivity (Wildman–Crippen MR) is 203 cm³/mol. The van der Waals surface area contributed by atoms with Gasteiger partial charge in [-0.3, -0.25) is 18.9 Å². The predicted octanol–water partition coefficient (Wildman–Crippen LogP) is 6.66. The molecular weight excluding hydrogens is 831 g/mol. The van der Waals surface area contributed by atoms with Gasteiger partial charge < -0.3 is 10.4 Å². The Morgan fingerprint density at radius 2 is 1.80 bits per heavy atom. The number of amides is 1. The minimum Gasteiger partial charge on any atom is -0.380 e. The van der Waals surface area contributed by atoms with E-state index >= 15 is 8.78 Å². The number of sulfonamides is 1. The summed E-state index contributed by atoms with van der Waals surface area (Å²) in [6.45, 7) is 0.519. The molecule has 3 aromatic heterocycles. The lowest BCUT2D eigenvalue weighted by atomic mass is 9.93. The first-order valence-corrected chi connectivity index (χ1v) is 19.9. The SMILES string of the molecule is C#CC[C@@H]1Cc2c(C(F)(F)F)nn(CC(=O)N[C@@H](Cc3cc(F)cc(F)c3)c3nc(C#CC(O)CC)ccc3-c3ccc(Cl)c4c(NS(C)(=O)=O)nn(C)c34)c2C1(F)F. The number of aliphatic hydroxyl groups excluding tert-OH is 1. The number of alkyl halides is 5. The smallest absolute Gasteiger partial charge is 0.380 e. The highest BCUT2D eigenvalue weighted by atomic mass is 35.5. The molecule has 1 aliphatic rings. The van der Waals surface area contributed by atoms with Crippen LogP contribution in [-0.4, -0.2) is 56.3 Å². The van der Waals surface area contributed by atoms with Crippen LogP contribution in [0.15, 0.2) is 42.5 Å². The van der Waals surface area contributed by atoms with Crippen LogP contribution in [0.2, 0.25) is 5.02 Å². The van der Waals surface area contributed by atoms with E-state index in [1.54, 1.807) is 6.92 Å². The van der Waals surface area contributed by atoms with Crippen LogP contribution in [0.5, 0.6) is 0 Å². The molecule has 0 aliphatic heterocycles. The van der Waals surface area contributed by atoms with Crippen LogP contribution in [-0.2, 0) is 53.4 Å². The van der Waals surface area contributed by atoms with Crippen LogP contribution in [0, 0.1) is 41.7 Å². The summed E-state index contributed by atoms with van der Waals surface area (Å²) in [5.74, 6) is -1.43. The fourth-order valence-corrected chi connectivity index (χ4v) is 7.75. The van der Waals surface area contributed by atoms with Crippen molar-refractivity contribution in [3.63, 3.8) is 0 Å². The molecule has 0 spiro atoms. The van der Waals surface area contributed by atoms with E-state index in [0.717, 1.165) is 18.4 Å². The van der Waals surface area contributed by atoms with Crippen molar-refractivity contribution in [1.82, 2.24) is 29.9 Å². The maximum absolute atomic E-state index is 15.7. The van der Waals surface area contributed by atoms with Gasteiger partial charge in [0.1, 0.15) is 35.7 Å². The summed E-state index contributed by atoms with van der Waals surface area (Å²) in [5, 5.41) is 20.7. The fraction of sp³-hybridized carbons (Fsp3) is 0.333. The van der Waals surface area contributed by atoms with E-state index < -0.39 is 100 Å². The van der Waals surface area contributed by atoms with Crippen molar-refractivity contribution in [2.75, 3.05) is 11.0 Å². The van der Waals surface area contributed by atoms with E-state index in [1.165, 1.54) is 36.0 Å². The Balaban J connectivity index is 1.53. The lowest BCUT2D eigenvalue weighted by Crippen LogP contribution is -2.35. The Kier molecular flexibility index (Phi) is 11.8. The molecule has 1 amide bonds. The molecule has 0 saturated heterocycles. The molecule has 11 nitrogen and oxygen atoms in total. The number of anilines is 1. The molecule has 6 rings (SSSR count). The molecule has 5 aromatic rings. The number of aliphatic hydroxyl groups is 1. The van der Waals surface area contributed by atoms with E-state index in [0.29, 0.717) is 11.6 Å². The zero-order valence-electron chi connectivity index (χ0n) is 31.2. The van der Waals surface area contributed by atoms with Crippen LogP contribution in [0.1, 0.15) is 59.7 Å². The van der Waals surface area contributed by atoms with Crippen molar-refractivity contribution < 1.29 is 49.1 Å². The van der Waals surface area contributed by atoms with E-state index in [9.17, 15) is 40.3 Å². The normalized spacial score (nSPS) is 15.9. The molecule has 3 atom stereocenters. The number of rotatable bonds is 11. The van der Waals surface area contributed by atoms with Crippen LogP contribution in [0.4, 0.5) is 36.6 Å². The first kappa shape index (κ1) is 43.0. The number of carbonyl (C=O) groups excluding carboxylic acids is 1. The zero-order chi connectivity index (χ0) is 43.2. The summed E-state index contributed by atoms with van der Waals surface area (Å²) in [6, 6.07) is 7.05. The second-order valence-electron chi connectivity index (χ2n) is 13.9. The minimum absolute atomic E-state index is 0.0251. The highest BCUT2D eigenvalue weighted by molar-refractivity contribution is 7.92. The van der Waals surface area contributed by atoms with Gasteiger partial charge in [-0.05, 0) is 61.1 Å². The van der Waals surface area contributed by atoms with Crippen molar-refractivity contribution in [2.45, 2.75) is 63.4 Å². The zero-order valence-corrected chi connectivity index (χ0v) is 32.8. The second kappa shape index (κ2) is 16.2. The Bertz CT molecular complexity index is 2680. The highest BCUT2D eigenvalue weighted by Gasteiger charge is 2.55. The number of carbonyl (C=O) groups is 1. The van der Waals surface area contributed by atoms with E-state index in [1.807, 2.05) is 0 Å². The van der Waals surface area contributed by atoms with Gasteiger partial charge in [0.2, 0.25) is 15.9 Å². The Labute approximate surface area is 338 Å². The summed E-state index contributed by atoms with van der Waals surface area (Å²) in [7, 11) is -2.37. The van der Waals surface area contributed by atoms with Gasteiger partial charge in [0, 0.05) is 42.1 Å². The molecule has 2 aromatic carbocycles. The van der Waals surface area contributed by atoms with Crippen molar-refractivity contribution in [2.24, 2.45) is 13.0 Å². The molecule has 0 bridgehead atoms. The van der Waals surface area contributed by atoms with E-state index in [-0.39, 0.29) is 55.4 Å². The molecule has 59 heavy (non-hydrogen) atoms. The summed E-state index contributed by atoms with van der Waals surface area (Å²) in [6.07, 6.45) is -1.54. The molecule has 3 N–H and O–H groups in total. The minimum atomic E-state index is -5.16. The maximum Gasteiger partial charge on any atom is 0.435 e. The summed E-state index contributed by atoms with van der Waals surface area (Å²) in [5.41, 5.74) is -2.80. The van der Waals surface area contributed by atoms with Gasteiger partial charge in [-0.15, -0.1) is 12.3 Å². The number of nitrogens with zero attached hydrogens (tertiary/aromatic N) is 5. The van der Waals surface area contributed by atoms with Gasteiger partial charge in [0.15, 0.2) is 11.5 Å². The van der Waals surface area contributed by atoms with Gasteiger partial charge in [-0.25, -0.2) is 22.2 Å². The number of pyridine rings is 1. The van der Waals surface area contributed by atoms with Crippen molar-refractivity contribution in [3.05, 3.63) is 93.0 Å². The fourth-order valence-electron chi connectivity index (χ4n) is 7.01. The standard InChI is InChI=1S/C39H33ClF7N7O4S/c1-5-7-21-17-28-35(39(45,46)47)50-54(36(28)38(21,43)44)19-31(56)49-30(16-20-14-22(41)18-23(42)15-20)33-26(11-9-24(48-33)8-10-25(55)6-2)27-12-13-29(40)32-34(27)53(3)51-37(32)52-59(4,57)58/h1,9,11-15,18,21,25,30,55H,6-7,16-17,19H2,2-4H3,(H,49,56)(H,51,52)/t21-,25?,30+/m1/s1. The first-order chi connectivity index (χ1) is 27.6. The third-order valence-electron chi connectivity index (χ3n) is 9.47. The Morgan fingerprint density at radius 3 is 2.42 bits per heavy atom. The van der Waals surface area contributed by atoms with Crippen molar-refractivity contribution in [1.29, 1.82) is 0 Å². The molecule has 0 radical (unpaired) electrons. The van der Waals surface area contributed by atoms with Crippen molar-refractivity contribution in [3.8, 4) is 35.3 Å². The molecule has 0 fully saturated rings. The third-order valence-corrected chi connectivity index (χ3v) is 10.4. The van der Waals surface area contributed by atoms with Gasteiger partial charge in [0.05, 0.1) is 33.9 Å². The largest absolute Gasteiger partial charge is 0.435 e. The van der Waals surface area contributed by atoms with E-state index in [2.05, 4.69) is 43.0 Å². The molecule has 1 unspecified atom stereocenters. The molecule has 3 heterocycles. The average Bonchev–Trinajstić information content (AvgIpc) is 3.74. The van der Waals surface area contributed by atoms with Crippen LogP contribution < -0.4 is 10.0 Å². The van der Waals surface area contributed by atoms with Crippen LogP contribution in [0.25, 0.3) is 22.0 Å². The van der Waals surface area contributed by atoms with Gasteiger partial charge >= 0.3 is 6.18 Å². The quantitative estimate of drug-likeness (QED) is 0.0996. The number of terminal acetylenes is 1. The van der Waals surface area contributed by atoms with E-state index in [4.69, 9.17) is 18.0 Å². The topological polar surface area (TPSA) is 144 Å². The molecule has 0 saturated carbocycles. The lowest BCUT2D eigenvalue weighted by molar-refractivity contribution is -0.142. The van der Waals surface area contributed by atoms with Crippen molar-refractivity contribution >= 4 is 44.3 Å². The Morgan fingerprint density at radius 1 is 1.12 bits per heavy atom. The number of aromatic nitrogens is 5. The first-order valence-electron chi connectivity index (χ1n) is 17.7.